The van der Waals surface area contributed by atoms with Gasteiger partial charge in [0, 0.05) is 6.92 Å². The third kappa shape index (κ3) is 7.74. The Bertz CT molecular complexity index is 650. The molecule has 0 saturated carbocycles. The fourth-order valence-corrected chi connectivity index (χ4v) is 2.69. The number of aliphatic hydroxyl groups is 3. The van der Waals surface area contributed by atoms with E-state index < -0.39 is 79.1 Å². The van der Waals surface area contributed by atoms with E-state index in [-0.39, 0.29) is 0 Å². The van der Waals surface area contributed by atoms with Gasteiger partial charge in [-0.25, -0.2) is 9.59 Å². The zero-order valence-corrected chi connectivity index (χ0v) is 17.1. The fourth-order valence-electron chi connectivity index (χ4n) is 2.69. The first-order valence-electron chi connectivity index (χ1n) is 9.16. The molecule has 30 heavy (non-hydrogen) atoms. The summed E-state index contributed by atoms with van der Waals surface area (Å²) in [6, 6.07) is -2.90. The molecule has 3 amide bonds. The highest BCUT2D eigenvalue weighted by molar-refractivity contribution is 5.87. The average molecular weight is 435 g/mol. The molecule has 0 bridgehead atoms. The fraction of sp³-hybridized carbons (Fsp3) is 0.765. The molecule has 6 atom stereocenters. The van der Waals surface area contributed by atoms with Crippen LogP contribution in [0.3, 0.4) is 0 Å². The number of carboxylic acids is 1. The normalized spacial score (nSPS) is 27.5. The Balaban J connectivity index is 2.85. The maximum atomic E-state index is 12.3. The second-order valence-corrected chi connectivity index (χ2v) is 7.79. The lowest BCUT2D eigenvalue weighted by molar-refractivity contribution is -0.203. The Kier molecular flexibility index (Phi) is 8.96. The van der Waals surface area contributed by atoms with Crippen molar-refractivity contribution in [2.75, 3.05) is 6.61 Å². The number of carbonyl (C=O) groups is 4. The minimum Gasteiger partial charge on any atom is -0.480 e. The van der Waals surface area contributed by atoms with Gasteiger partial charge in [0.25, 0.3) is 0 Å². The second-order valence-electron chi connectivity index (χ2n) is 7.79. The van der Waals surface area contributed by atoms with Gasteiger partial charge in [-0.05, 0) is 20.8 Å². The lowest BCUT2D eigenvalue weighted by Gasteiger charge is -2.42. The number of alkyl carbamates (subject to hydrolysis) is 1. The molecule has 1 saturated heterocycles. The van der Waals surface area contributed by atoms with Crippen molar-refractivity contribution in [1.82, 2.24) is 16.0 Å². The summed E-state index contributed by atoms with van der Waals surface area (Å²) < 4.78 is 10.3. The van der Waals surface area contributed by atoms with Gasteiger partial charge in [-0.15, -0.1) is 0 Å². The molecule has 7 N–H and O–H groups in total. The molecule has 0 spiro atoms. The van der Waals surface area contributed by atoms with Gasteiger partial charge in [-0.2, -0.15) is 0 Å². The molecule has 0 radical (unpaired) electrons. The summed E-state index contributed by atoms with van der Waals surface area (Å²) in [5.41, 5.74) is -0.882. The highest BCUT2D eigenvalue weighted by atomic mass is 16.6. The van der Waals surface area contributed by atoms with Gasteiger partial charge < -0.3 is 45.9 Å². The van der Waals surface area contributed by atoms with Gasteiger partial charge in [0.2, 0.25) is 11.8 Å². The van der Waals surface area contributed by atoms with Crippen LogP contribution in [0.25, 0.3) is 0 Å². The molecule has 1 aliphatic heterocycles. The SMILES string of the molecule is CC(=O)N[C@H]1[C@@H](O)[C@H](O)[C@@H](CO)O[C@H]1NC(=O)C[C@H](NC(=O)OC(C)(C)C)C(=O)O. The van der Waals surface area contributed by atoms with Crippen LogP contribution in [-0.4, -0.2) is 93.1 Å². The molecule has 1 heterocycles. The van der Waals surface area contributed by atoms with Crippen LogP contribution in [0.4, 0.5) is 4.79 Å². The van der Waals surface area contributed by atoms with E-state index in [1.165, 1.54) is 0 Å². The molecule has 0 aromatic heterocycles. The van der Waals surface area contributed by atoms with Crippen molar-refractivity contribution < 1.29 is 49.1 Å². The molecule has 1 fully saturated rings. The molecule has 13 nitrogen and oxygen atoms in total. The summed E-state index contributed by atoms with van der Waals surface area (Å²) in [5.74, 6) is -2.99. The Morgan fingerprint density at radius 1 is 1.10 bits per heavy atom. The predicted octanol–water partition coefficient (Wildman–Crippen LogP) is -2.59. The van der Waals surface area contributed by atoms with E-state index in [1.54, 1.807) is 20.8 Å². The molecule has 1 rings (SSSR count). The first-order chi connectivity index (χ1) is 13.7. The average Bonchev–Trinajstić information content (AvgIpc) is 2.58. The number of hydrogen-bond donors (Lipinski definition) is 7. The number of hydrogen-bond acceptors (Lipinski definition) is 9. The van der Waals surface area contributed by atoms with Crippen LogP contribution in [0.2, 0.25) is 0 Å². The van der Waals surface area contributed by atoms with Crippen LogP contribution in [0.5, 0.6) is 0 Å². The van der Waals surface area contributed by atoms with Crippen molar-refractivity contribution in [3.63, 3.8) is 0 Å². The first kappa shape index (κ1) is 25.6. The lowest BCUT2D eigenvalue weighted by Crippen LogP contribution is -2.68. The quantitative estimate of drug-likeness (QED) is 0.222. The van der Waals surface area contributed by atoms with Crippen molar-refractivity contribution >= 4 is 23.9 Å². The standard InChI is InChI=1S/C17H29N3O10/c1-7(22)18-11-13(25)12(24)9(6-21)29-14(11)20-10(23)5-8(15(26)27)19-16(28)30-17(2,3)4/h8-9,11-14,21,24-25H,5-6H2,1-4H3,(H,18,22)(H,19,28)(H,20,23)(H,26,27)/t8-,9+,11-,12+,13+,14+/m0/s1. The van der Waals surface area contributed by atoms with Crippen LogP contribution >= 0.6 is 0 Å². The molecule has 1 aliphatic rings. The van der Waals surface area contributed by atoms with Gasteiger partial charge in [-0.3, -0.25) is 9.59 Å². The van der Waals surface area contributed by atoms with Crippen molar-refractivity contribution in [2.45, 2.75) is 76.3 Å². The van der Waals surface area contributed by atoms with Gasteiger partial charge in [0.15, 0.2) is 6.23 Å². The van der Waals surface area contributed by atoms with Crippen LogP contribution in [0.15, 0.2) is 0 Å². The minimum atomic E-state index is -1.63. The van der Waals surface area contributed by atoms with Gasteiger partial charge in [-0.1, -0.05) is 0 Å². The van der Waals surface area contributed by atoms with Crippen molar-refractivity contribution in [3.8, 4) is 0 Å². The van der Waals surface area contributed by atoms with E-state index in [2.05, 4.69) is 16.0 Å². The molecule has 0 aromatic carbocycles. The van der Waals surface area contributed by atoms with E-state index >= 15 is 0 Å². The minimum absolute atomic E-state index is 0.591. The molecule has 0 aromatic rings. The van der Waals surface area contributed by atoms with Crippen LogP contribution in [-0.2, 0) is 23.9 Å². The summed E-state index contributed by atoms with van der Waals surface area (Å²) in [4.78, 5) is 46.9. The maximum absolute atomic E-state index is 12.3. The number of nitrogens with one attached hydrogen (secondary N) is 3. The highest BCUT2D eigenvalue weighted by Crippen LogP contribution is 2.20. The largest absolute Gasteiger partial charge is 0.480 e. The van der Waals surface area contributed by atoms with Crippen molar-refractivity contribution in [1.29, 1.82) is 0 Å². The van der Waals surface area contributed by atoms with E-state index in [4.69, 9.17) is 9.47 Å². The maximum Gasteiger partial charge on any atom is 0.408 e. The third-order valence-electron chi connectivity index (χ3n) is 3.98. The van der Waals surface area contributed by atoms with E-state index in [0.717, 1.165) is 6.92 Å². The summed E-state index contributed by atoms with van der Waals surface area (Å²) in [6.45, 7) is 5.19. The molecular formula is C17H29N3O10. The van der Waals surface area contributed by atoms with Crippen LogP contribution in [0, 0.1) is 0 Å². The van der Waals surface area contributed by atoms with E-state index in [1.807, 2.05) is 0 Å². The van der Waals surface area contributed by atoms with Gasteiger partial charge in [0.1, 0.15) is 36.0 Å². The van der Waals surface area contributed by atoms with Crippen LogP contribution in [0.1, 0.15) is 34.1 Å². The highest BCUT2D eigenvalue weighted by Gasteiger charge is 2.45. The number of amides is 3. The zero-order valence-electron chi connectivity index (χ0n) is 17.1. The van der Waals surface area contributed by atoms with Crippen molar-refractivity contribution in [2.24, 2.45) is 0 Å². The van der Waals surface area contributed by atoms with Gasteiger partial charge in [0.05, 0.1) is 13.0 Å². The summed E-state index contributed by atoms with van der Waals surface area (Å²) >= 11 is 0. The number of carboxylic acid groups (broad SMARTS) is 1. The Morgan fingerprint density at radius 3 is 2.17 bits per heavy atom. The summed E-state index contributed by atoms with van der Waals surface area (Å²) in [6.07, 6.45) is -7.52. The zero-order chi connectivity index (χ0) is 23.2. The first-order valence-corrected chi connectivity index (χ1v) is 9.16. The third-order valence-corrected chi connectivity index (χ3v) is 3.98. The Labute approximate surface area is 172 Å². The predicted molar refractivity (Wildman–Crippen MR) is 98.9 cm³/mol. The van der Waals surface area contributed by atoms with Gasteiger partial charge >= 0.3 is 12.1 Å². The number of rotatable bonds is 7. The molecule has 0 aliphatic carbocycles. The lowest BCUT2D eigenvalue weighted by atomic mass is 9.95. The molecule has 172 valence electrons. The van der Waals surface area contributed by atoms with E-state index in [9.17, 15) is 39.6 Å². The van der Waals surface area contributed by atoms with E-state index in [0.29, 0.717) is 0 Å². The number of aliphatic carboxylic acids is 1. The molecule has 0 unspecified atom stereocenters. The number of ether oxygens (including phenoxy) is 2. The number of aliphatic hydroxyl groups excluding tert-OH is 3. The summed E-state index contributed by atoms with van der Waals surface area (Å²) in [7, 11) is 0. The Morgan fingerprint density at radius 2 is 1.70 bits per heavy atom. The topological polar surface area (TPSA) is 204 Å². The smallest absolute Gasteiger partial charge is 0.408 e. The number of carbonyl (C=O) groups excluding carboxylic acids is 3. The molecular weight excluding hydrogens is 406 g/mol. The molecule has 13 heteroatoms. The summed E-state index contributed by atoms with van der Waals surface area (Å²) in [5, 5.41) is 45.3. The monoisotopic (exact) mass is 435 g/mol. The van der Waals surface area contributed by atoms with Crippen LogP contribution < -0.4 is 16.0 Å². The Hall–Kier alpha value is -2.48. The second kappa shape index (κ2) is 10.5. The van der Waals surface area contributed by atoms with Crippen molar-refractivity contribution in [3.05, 3.63) is 0 Å².